The van der Waals surface area contributed by atoms with E-state index in [0.717, 1.165) is 45.6 Å². The topological polar surface area (TPSA) is 72.4 Å². The molecule has 9 atom stereocenters. The van der Waals surface area contributed by atoms with E-state index in [-0.39, 0.29) is 35.2 Å². The summed E-state index contributed by atoms with van der Waals surface area (Å²) in [5, 5.41) is 18.7. The number of rotatable bonds is 6. The largest absolute Gasteiger partial charge is 0.392 e. The van der Waals surface area contributed by atoms with Gasteiger partial charge in [0.15, 0.2) is 5.50 Å². The van der Waals surface area contributed by atoms with Crippen molar-refractivity contribution in [2.45, 2.75) is 82.7 Å². The van der Waals surface area contributed by atoms with Gasteiger partial charge in [0.1, 0.15) is 6.04 Å². The fraction of sp³-hybridized carbons (Fsp3) is 0.960. The minimum absolute atomic E-state index is 0.0896. The Bertz CT molecular complexity index is 658. The normalized spacial score (nSPS) is 43.6. The Labute approximate surface area is 199 Å². The maximum absolute atomic E-state index is 13.3. The highest BCUT2D eigenvalue weighted by Gasteiger charge is 2.60. The minimum atomic E-state index is -0.374. The van der Waals surface area contributed by atoms with Gasteiger partial charge < -0.3 is 20.2 Å². The predicted octanol–water partition coefficient (Wildman–Crippen LogP) is 1.55. The van der Waals surface area contributed by atoms with Gasteiger partial charge in [0, 0.05) is 44.6 Å². The minimum Gasteiger partial charge on any atom is -0.392 e. The monoisotopic (exact) mass is 467 g/mol. The molecule has 0 radical (unpaired) electrons. The molecule has 4 rings (SSSR count). The summed E-state index contributed by atoms with van der Waals surface area (Å²) in [6, 6.07) is 0.564. The number of unbranched alkanes of at least 4 members (excludes halogenated alkanes) is 1. The van der Waals surface area contributed by atoms with Gasteiger partial charge in [-0.2, -0.15) is 0 Å². The van der Waals surface area contributed by atoms with Crippen LogP contribution in [-0.2, 0) is 4.79 Å². The number of thioether (sulfide) groups is 1. The van der Waals surface area contributed by atoms with Crippen molar-refractivity contribution in [1.82, 2.24) is 15.1 Å². The highest BCUT2D eigenvalue weighted by molar-refractivity contribution is 8.00. The van der Waals surface area contributed by atoms with E-state index >= 15 is 0 Å². The van der Waals surface area contributed by atoms with Gasteiger partial charge in [-0.15, -0.1) is 0 Å². The van der Waals surface area contributed by atoms with E-state index in [4.69, 9.17) is 0 Å². The van der Waals surface area contributed by atoms with Gasteiger partial charge in [-0.05, 0) is 50.0 Å². The summed E-state index contributed by atoms with van der Waals surface area (Å²) in [7, 11) is 2.12. The molecule has 32 heavy (non-hydrogen) atoms. The molecular weight excluding hydrogens is 420 g/mol. The Morgan fingerprint density at radius 1 is 1.31 bits per heavy atom. The zero-order chi connectivity index (χ0) is 23.0. The van der Waals surface area contributed by atoms with Gasteiger partial charge in [-0.25, -0.2) is 0 Å². The summed E-state index contributed by atoms with van der Waals surface area (Å²) in [5.74, 6) is 1.01. The van der Waals surface area contributed by atoms with Gasteiger partial charge in [0.2, 0.25) is 5.91 Å². The van der Waals surface area contributed by atoms with Crippen LogP contribution in [0.15, 0.2) is 0 Å². The smallest absolute Gasteiger partial charge is 0.225 e. The molecule has 2 aliphatic carbocycles. The van der Waals surface area contributed by atoms with Crippen molar-refractivity contribution >= 4 is 17.7 Å². The molecule has 0 aromatic heterocycles. The van der Waals surface area contributed by atoms with Gasteiger partial charge in [0.05, 0.1) is 11.4 Å². The van der Waals surface area contributed by atoms with E-state index in [9.17, 15) is 9.90 Å². The van der Waals surface area contributed by atoms with Crippen LogP contribution in [0.4, 0.5) is 0 Å². The Balaban J connectivity index is 1.42. The molecule has 0 aromatic carbocycles. The van der Waals surface area contributed by atoms with Crippen molar-refractivity contribution in [3.05, 3.63) is 0 Å². The van der Waals surface area contributed by atoms with Crippen LogP contribution in [0.25, 0.3) is 0 Å². The van der Waals surface area contributed by atoms with E-state index in [1.165, 1.54) is 19.3 Å². The second-order valence-electron chi connectivity index (χ2n) is 11.5. The Morgan fingerprint density at radius 3 is 2.72 bits per heavy atom. The van der Waals surface area contributed by atoms with E-state index in [1.807, 2.05) is 4.90 Å². The van der Waals surface area contributed by atoms with Gasteiger partial charge in [-0.1, -0.05) is 45.9 Å². The molecule has 2 aliphatic heterocycles. The zero-order valence-electron chi connectivity index (χ0n) is 20.9. The first-order valence-corrected chi connectivity index (χ1v) is 14.1. The summed E-state index contributed by atoms with van der Waals surface area (Å²) < 4.78 is 0. The molecule has 4 N–H and O–H groups in total. The predicted molar refractivity (Wildman–Crippen MR) is 131 cm³/mol. The number of aliphatic hydroxyl groups is 1. The molecule has 3 unspecified atom stereocenters. The van der Waals surface area contributed by atoms with E-state index in [0.29, 0.717) is 22.7 Å². The van der Waals surface area contributed by atoms with Crippen LogP contribution in [0.5, 0.6) is 0 Å². The first kappa shape index (κ1) is 24.8. The molecule has 6 nitrogen and oxygen atoms in total. The molecule has 4 fully saturated rings. The van der Waals surface area contributed by atoms with Crippen LogP contribution in [-0.4, -0.2) is 83.5 Å². The van der Waals surface area contributed by atoms with E-state index in [2.05, 4.69) is 62.0 Å². The fourth-order valence-electron chi connectivity index (χ4n) is 7.32. The number of fused-ring (bicyclic) bond motifs is 2. The summed E-state index contributed by atoms with van der Waals surface area (Å²) in [6.45, 7) is 13.8. The summed E-state index contributed by atoms with van der Waals surface area (Å²) >= 11 is 2.12. The third kappa shape index (κ3) is 4.74. The second-order valence-corrected chi connectivity index (χ2v) is 12.9. The molecule has 4 aliphatic rings. The average molecular weight is 468 g/mol. The molecule has 0 spiro atoms. The molecular formula is C25H47N4O2S+. The molecule has 2 saturated carbocycles. The number of hydrogen-bond donors (Lipinski definition) is 3. The maximum atomic E-state index is 13.3. The first-order valence-electron chi connectivity index (χ1n) is 13.1. The molecule has 2 saturated heterocycles. The van der Waals surface area contributed by atoms with Gasteiger partial charge in [-0.3, -0.25) is 10.1 Å². The van der Waals surface area contributed by atoms with Gasteiger partial charge >= 0.3 is 0 Å². The lowest BCUT2D eigenvalue weighted by Crippen LogP contribution is -2.96. The molecule has 0 bridgehead atoms. The Hall–Kier alpha value is -0.340. The summed E-state index contributed by atoms with van der Waals surface area (Å²) in [4.78, 5) is 17.6. The lowest BCUT2D eigenvalue weighted by molar-refractivity contribution is -0.707. The maximum Gasteiger partial charge on any atom is 0.225 e. The number of piperazine rings is 1. The quantitative estimate of drug-likeness (QED) is 0.517. The summed E-state index contributed by atoms with van der Waals surface area (Å²) in [6.07, 6.45) is 5.40. The molecule has 1 amide bonds. The summed E-state index contributed by atoms with van der Waals surface area (Å²) in [5.41, 5.74) is 0.639. The van der Waals surface area contributed by atoms with Crippen LogP contribution in [0.2, 0.25) is 0 Å². The van der Waals surface area contributed by atoms with Crippen molar-refractivity contribution in [2.75, 3.05) is 39.8 Å². The number of carbonyl (C=O) groups excluding carboxylic acids is 1. The number of nitrogens with one attached hydrogen (secondary N) is 1. The van der Waals surface area contributed by atoms with Crippen molar-refractivity contribution in [3.63, 3.8) is 0 Å². The Morgan fingerprint density at radius 2 is 2.03 bits per heavy atom. The standard InChI is InChI=1S/C25H46N4O2S/c1-6-7-10-26-24-27-21-17(3)20-22(30)18(8-9-25(20,4)15-19(21)32-24)16(2)23(31)29-13-11-28(5)12-14-29/h16-22,24,26-27,30H,6-15H2,1-5H3/p+1/t16-,17-,18+,19?,20+,21?,22-,24?,25+/m0/s1. The van der Waals surface area contributed by atoms with Crippen LogP contribution in [0, 0.1) is 29.1 Å². The zero-order valence-corrected chi connectivity index (χ0v) is 21.7. The number of hydrogen-bond acceptors (Lipinski definition) is 5. The van der Waals surface area contributed by atoms with Crippen molar-refractivity contribution in [2.24, 2.45) is 29.1 Å². The molecule has 2 heterocycles. The highest BCUT2D eigenvalue weighted by atomic mass is 32.2. The van der Waals surface area contributed by atoms with Crippen LogP contribution < -0.4 is 10.6 Å². The molecule has 7 heteroatoms. The number of nitrogens with zero attached hydrogens (tertiary/aromatic N) is 2. The van der Waals surface area contributed by atoms with Crippen LogP contribution in [0.3, 0.4) is 0 Å². The first-order chi connectivity index (χ1) is 15.2. The van der Waals surface area contributed by atoms with Crippen LogP contribution in [0.1, 0.15) is 59.8 Å². The Kier molecular flexibility index (Phi) is 7.82. The lowest BCUT2D eigenvalue weighted by Gasteiger charge is -2.56. The lowest BCUT2D eigenvalue weighted by atomic mass is 9.51. The van der Waals surface area contributed by atoms with Crippen molar-refractivity contribution < 1.29 is 15.2 Å². The fourth-order valence-corrected chi connectivity index (χ4v) is 9.18. The number of likely N-dealkylation sites (N-methyl/N-ethyl adjacent to an activating group) is 1. The second kappa shape index (κ2) is 10.1. The van der Waals surface area contributed by atoms with Crippen molar-refractivity contribution in [3.8, 4) is 0 Å². The third-order valence-electron chi connectivity index (χ3n) is 9.37. The number of carbonyl (C=O) groups is 1. The SMILES string of the molecule is CCCCNC1[NH2+]C2C(C[C@@]3(C)CC[C@H]([C@H](C)C(=O)N4CCN(C)CC4)[C@H](O)[C@H]3[C@@H]2C)S1. The average Bonchev–Trinajstić information content (AvgIpc) is 3.16. The van der Waals surface area contributed by atoms with Crippen molar-refractivity contribution in [1.29, 1.82) is 0 Å². The van der Waals surface area contributed by atoms with E-state index in [1.54, 1.807) is 0 Å². The van der Waals surface area contributed by atoms with Gasteiger partial charge in [0.25, 0.3) is 0 Å². The highest BCUT2D eigenvalue weighted by Crippen LogP contribution is 2.57. The number of quaternary nitrogens is 1. The number of aliphatic hydroxyl groups excluding tert-OH is 1. The molecule has 0 aromatic rings. The molecule has 184 valence electrons. The number of nitrogens with two attached hydrogens (primary N) is 1. The van der Waals surface area contributed by atoms with Crippen LogP contribution >= 0.6 is 11.8 Å². The third-order valence-corrected chi connectivity index (χ3v) is 10.8. The van der Waals surface area contributed by atoms with E-state index < -0.39 is 0 Å². The number of amides is 1.